The Morgan fingerprint density at radius 2 is 2.00 bits per heavy atom. The molecule has 2 atom stereocenters. The summed E-state index contributed by atoms with van der Waals surface area (Å²) in [7, 11) is 0. The Morgan fingerprint density at radius 3 is 2.53 bits per heavy atom. The van der Waals surface area contributed by atoms with Crippen molar-refractivity contribution in [2.45, 2.75) is 45.6 Å². The van der Waals surface area contributed by atoms with Gasteiger partial charge in [-0.25, -0.2) is 0 Å². The third-order valence-corrected chi connectivity index (χ3v) is 3.70. The number of hydrogen-bond donors (Lipinski definition) is 2. The number of benzene rings is 1. The maximum Gasteiger partial charge on any atom is 0.123 e. The van der Waals surface area contributed by atoms with Crippen molar-refractivity contribution in [2.75, 3.05) is 13.2 Å². The highest BCUT2D eigenvalue weighted by molar-refractivity contribution is 6.31. The highest BCUT2D eigenvalue weighted by Crippen LogP contribution is 2.36. The van der Waals surface area contributed by atoms with Crippen LogP contribution in [0.3, 0.4) is 0 Å². The number of aliphatic hydroxyl groups is 2. The molecule has 0 aromatic heterocycles. The molecule has 0 spiro atoms. The van der Waals surface area contributed by atoms with Gasteiger partial charge in [-0.3, -0.25) is 0 Å². The van der Waals surface area contributed by atoms with E-state index in [2.05, 4.69) is 6.92 Å². The van der Waals surface area contributed by atoms with Crippen LogP contribution in [0.5, 0.6) is 5.75 Å². The average molecular weight is 287 g/mol. The number of aliphatic hydroxyl groups excluding tert-OH is 2. The zero-order valence-electron chi connectivity index (χ0n) is 11.8. The van der Waals surface area contributed by atoms with Crippen LogP contribution < -0.4 is 4.74 Å². The lowest BCUT2D eigenvalue weighted by Gasteiger charge is -2.22. The van der Waals surface area contributed by atoms with Crippen LogP contribution in [-0.2, 0) is 0 Å². The molecular weight excluding hydrogens is 264 g/mol. The molecule has 2 N–H and O–H groups in total. The second-order valence-electron chi connectivity index (χ2n) is 4.75. The number of ether oxygens (including phenoxy) is 1. The summed E-state index contributed by atoms with van der Waals surface area (Å²) < 4.78 is 5.67. The molecule has 0 saturated carbocycles. The van der Waals surface area contributed by atoms with Crippen LogP contribution in [0.4, 0.5) is 0 Å². The molecular formula is C15H23ClO3. The average Bonchev–Trinajstić information content (AvgIpc) is 2.40. The quantitative estimate of drug-likeness (QED) is 0.809. The normalized spacial score (nSPS) is 14.2. The van der Waals surface area contributed by atoms with Gasteiger partial charge in [-0.15, -0.1) is 0 Å². The van der Waals surface area contributed by atoms with Crippen molar-refractivity contribution < 1.29 is 14.9 Å². The molecule has 0 amide bonds. The van der Waals surface area contributed by atoms with E-state index in [0.29, 0.717) is 18.1 Å². The molecule has 0 heterocycles. The SMILES string of the molecule is CCOc1cc(C)c(Cl)cc1C(CC)CC(O)CO. The highest BCUT2D eigenvalue weighted by atomic mass is 35.5. The van der Waals surface area contributed by atoms with E-state index in [1.54, 1.807) is 0 Å². The fourth-order valence-corrected chi connectivity index (χ4v) is 2.36. The van der Waals surface area contributed by atoms with Crippen LogP contribution in [0.2, 0.25) is 5.02 Å². The Morgan fingerprint density at radius 1 is 1.32 bits per heavy atom. The molecule has 1 aromatic carbocycles. The van der Waals surface area contributed by atoms with Crippen LogP contribution in [0.1, 0.15) is 43.7 Å². The van der Waals surface area contributed by atoms with Gasteiger partial charge < -0.3 is 14.9 Å². The van der Waals surface area contributed by atoms with Gasteiger partial charge in [0.2, 0.25) is 0 Å². The summed E-state index contributed by atoms with van der Waals surface area (Å²) >= 11 is 6.19. The van der Waals surface area contributed by atoms with E-state index >= 15 is 0 Å². The Balaban J connectivity index is 3.09. The minimum atomic E-state index is -0.709. The lowest BCUT2D eigenvalue weighted by atomic mass is 9.89. The molecule has 108 valence electrons. The van der Waals surface area contributed by atoms with E-state index in [-0.39, 0.29) is 12.5 Å². The standard InChI is InChI=1S/C15H23ClO3/c1-4-11(7-12(18)9-17)13-8-14(16)10(3)6-15(13)19-5-2/h6,8,11-12,17-18H,4-5,7,9H2,1-3H3. The minimum Gasteiger partial charge on any atom is -0.494 e. The lowest BCUT2D eigenvalue weighted by molar-refractivity contribution is 0.0815. The second-order valence-corrected chi connectivity index (χ2v) is 5.16. The number of halogens is 1. The molecule has 1 aromatic rings. The molecule has 0 aliphatic rings. The number of hydrogen-bond acceptors (Lipinski definition) is 3. The van der Waals surface area contributed by atoms with Crippen molar-refractivity contribution in [3.05, 3.63) is 28.3 Å². The van der Waals surface area contributed by atoms with Gasteiger partial charge in [0.15, 0.2) is 0 Å². The predicted octanol–water partition coefficient (Wildman–Crippen LogP) is 3.28. The first-order valence-corrected chi connectivity index (χ1v) is 7.12. The summed E-state index contributed by atoms with van der Waals surface area (Å²) in [6, 6.07) is 3.86. The predicted molar refractivity (Wildman–Crippen MR) is 78.1 cm³/mol. The van der Waals surface area contributed by atoms with E-state index in [0.717, 1.165) is 23.3 Å². The van der Waals surface area contributed by atoms with E-state index < -0.39 is 6.10 Å². The first-order chi connectivity index (χ1) is 9.03. The van der Waals surface area contributed by atoms with Crippen molar-refractivity contribution in [1.82, 2.24) is 0 Å². The summed E-state index contributed by atoms with van der Waals surface area (Å²) in [6.07, 6.45) is 0.655. The van der Waals surface area contributed by atoms with Crippen molar-refractivity contribution >= 4 is 11.6 Å². The van der Waals surface area contributed by atoms with E-state index in [1.165, 1.54) is 0 Å². The zero-order valence-corrected chi connectivity index (χ0v) is 12.6. The Hall–Kier alpha value is -0.770. The first kappa shape index (κ1) is 16.3. The third kappa shape index (κ3) is 4.37. The first-order valence-electron chi connectivity index (χ1n) is 6.75. The van der Waals surface area contributed by atoms with Gasteiger partial charge in [-0.1, -0.05) is 18.5 Å². The second kappa shape index (κ2) is 7.73. The fourth-order valence-electron chi connectivity index (χ4n) is 2.19. The van der Waals surface area contributed by atoms with Gasteiger partial charge in [-0.05, 0) is 55.9 Å². The molecule has 4 heteroatoms. The van der Waals surface area contributed by atoms with Crippen molar-refractivity contribution in [3.8, 4) is 5.75 Å². The van der Waals surface area contributed by atoms with Crippen LogP contribution >= 0.6 is 11.6 Å². The Labute approximate surface area is 120 Å². The molecule has 1 rings (SSSR count). The molecule has 19 heavy (non-hydrogen) atoms. The van der Waals surface area contributed by atoms with Gasteiger partial charge in [0, 0.05) is 5.02 Å². The molecule has 0 aliphatic carbocycles. The molecule has 0 fully saturated rings. The van der Waals surface area contributed by atoms with Gasteiger partial charge in [0.1, 0.15) is 5.75 Å². The maximum absolute atomic E-state index is 9.64. The topological polar surface area (TPSA) is 49.7 Å². The summed E-state index contributed by atoms with van der Waals surface area (Å²) in [5.41, 5.74) is 1.99. The monoisotopic (exact) mass is 286 g/mol. The number of aryl methyl sites for hydroxylation is 1. The van der Waals surface area contributed by atoms with E-state index in [9.17, 15) is 5.11 Å². The molecule has 0 bridgehead atoms. The van der Waals surface area contributed by atoms with Crippen molar-refractivity contribution in [2.24, 2.45) is 0 Å². The van der Waals surface area contributed by atoms with Crippen LogP contribution in [-0.4, -0.2) is 29.5 Å². The highest BCUT2D eigenvalue weighted by Gasteiger charge is 2.19. The summed E-state index contributed by atoms with van der Waals surface area (Å²) in [5.74, 6) is 0.947. The van der Waals surface area contributed by atoms with Crippen molar-refractivity contribution in [1.29, 1.82) is 0 Å². The molecule has 0 saturated heterocycles. The van der Waals surface area contributed by atoms with E-state index in [4.69, 9.17) is 21.4 Å². The van der Waals surface area contributed by atoms with Crippen LogP contribution in [0.25, 0.3) is 0 Å². The smallest absolute Gasteiger partial charge is 0.123 e. The van der Waals surface area contributed by atoms with Gasteiger partial charge in [0.25, 0.3) is 0 Å². The molecule has 3 nitrogen and oxygen atoms in total. The minimum absolute atomic E-state index is 0.127. The zero-order chi connectivity index (χ0) is 14.4. The fraction of sp³-hybridized carbons (Fsp3) is 0.600. The number of rotatable bonds is 7. The molecule has 0 aliphatic heterocycles. The third-order valence-electron chi connectivity index (χ3n) is 3.29. The summed E-state index contributed by atoms with van der Waals surface area (Å²) in [6.45, 7) is 6.31. The molecule has 2 unspecified atom stereocenters. The van der Waals surface area contributed by atoms with Gasteiger partial charge in [0.05, 0.1) is 19.3 Å². The summed E-state index contributed by atoms with van der Waals surface area (Å²) in [5, 5.41) is 19.3. The largest absolute Gasteiger partial charge is 0.494 e. The van der Waals surface area contributed by atoms with Gasteiger partial charge >= 0.3 is 0 Å². The van der Waals surface area contributed by atoms with E-state index in [1.807, 2.05) is 26.0 Å². The van der Waals surface area contributed by atoms with Crippen LogP contribution in [0.15, 0.2) is 12.1 Å². The van der Waals surface area contributed by atoms with Crippen molar-refractivity contribution in [3.63, 3.8) is 0 Å². The van der Waals surface area contributed by atoms with Gasteiger partial charge in [-0.2, -0.15) is 0 Å². The lowest BCUT2D eigenvalue weighted by Crippen LogP contribution is -2.17. The van der Waals surface area contributed by atoms with Crippen LogP contribution in [0, 0.1) is 6.92 Å². The summed E-state index contributed by atoms with van der Waals surface area (Å²) in [4.78, 5) is 0. The molecule has 0 radical (unpaired) electrons. The Kier molecular flexibility index (Phi) is 6.63. The Bertz CT molecular complexity index is 407. The maximum atomic E-state index is 9.64.